The molecule has 0 aliphatic rings. The molecule has 0 saturated heterocycles. The van der Waals surface area contributed by atoms with Gasteiger partial charge in [-0.3, -0.25) is 4.98 Å². The summed E-state index contributed by atoms with van der Waals surface area (Å²) < 4.78 is 16.0. The van der Waals surface area contributed by atoms with Crippen LogP contribution in [0.1, 0.15) is 26.8 Å². The molecule has 0 aliphatic carbocycles. The molecule has 2 heterocycles. The molecule has 134 valence electrons. The van der Waals surface area contributed by atoms with E-state index in [1.54, 1.807) is 18.7 Å². The predicted octanol–water partition coefficient (Wildman–Crippen LogP) is 3.62. The van der Waals surface area contributed by atoms with Crippen LogP contribution in [-0.4, -0.2) is 23.0 Å². The van der Waals surface area contributed by atoms with Crippen molar-refractivity contribution in [3.05, 3.63) is 76.0 Å². The molecule has 0 atom stereocenters. The third kappa shape index (κ3) is 5.11. The van der Waals surface area contributed by atoms with Gasteiger partial charge in [0.05, 0.1) is 12.3 Å². The summed E-state index contributed by atoms with van der Waals surface area (Å²) in [6.07, 6.45) is 1.73. The Bertz CT molecular complexity index is 834. The van der Waals surface area contributed by atoms with Crippen molar-refractivity contribution in [1.29, 1.82) is 0 Å². The maximum absolute atomic E-state index is 12.0. The molecule has 1 aromatic carbocycles. The average molecular weight is 370 g/mol. The first-order chi connectivity index (χ1) is 12.7. The van der Waals surface area contributed by atoms with Gasteiger partial charge in [0.1, 0.15) is 24.0 Å². The van der Waals surface area contributed by atoms with Gasteiger partial charge in [-0.2, -0.15) is 0 Å². The van der Waals surface area contributed by atoms with Gasteiger partial charge in [0.2, 0.25) is 0 Å². The van der Waals surface area contributed by atoms with Crippen LogP contribution in [0.5, 0.6) is 5.75 Å². The summed E-state index contributed by atoms with van der Waals surface area (Å²) in [4.78, 5) is 20.4. The molecular formula is C19H18N2O4S. The number of thiazole rings is 1. The van der Waals surface area contributed by atoms with E-state index >= 15 is 0 Å². The van der Waals surface area contributed by atoms with Crippen LogP contribution < -0.4 is 4.74 Å². The van der Waals surface area contributed by atoms with Crippen molar-refractivity contribution >= 4 is 17.3 Å². The van der Waals surface area contributed by atoms with E-state index in [9.17, 15) is 4.79 Å². The molecule has 0 saturated carbocycles. The highest BCUT2D eigenvalue weighted by atomic mass is 32.1. The average Bonchev–Trinajstić information content (AvgIpc) is 3.15. The van der Waals surface area contributed by atoms with Gasteiger partial charge < -0.3 is 14.2 Å². The molecule has 2 aromatic heterocycles. The van der Waals surface area contributed by atoms with Gasteiger partial charge in [0.15, 0.2) is 5.69 Å². The second-order valence-corrected chi connectivity index (χ2v) is 6.33. The predicted molar refractivity (Wildman–Crippen MR) is 97.0 cm³/mol. The Balaban J connectivity index is 1.48. The lowest BCUT2D eigenvalue weighted by Crippen LogP contribution is -2.06. The van der Waals surface area contributed by atoms with Crippen LogP contribution in [0, 0.1) is 0 Å². The van der Waals surface area contributed by atoms with Crippen molar-refractivity contribution in [3.63, 3.8) is 0 Å². The van der Waals surface area contributed by atoms with Crippen LogP contribution in [0.25, 0.3) is 0 Å². The SMILES string of the molecule is COCc1nc(C(=O)OCc2ccc(OCc3ccccn3)cc2)cs1. The van der Waals surface area contributed by atoms with Gasteiger partial charge in [-0.05, 0) is 29.8 Å². The molecule has 0 radical (unpaired) electrons. The summed E-state index contributed by atoms with van der Waals surface area (Å²) >= 11 is 1.37. The summed E-state index contributed by atoms with van der Waals surface area (Å²) in [6, 6.07) is 13.1. The summed E-state index contributed by atoms with van der Waals surface area (Å²) in [5.41, 5.74) is 2.04. The van der Waals surface area contributed by atoms with Crippen molar-refractivity contribution in [2.45, 2.75) is 19.8 Å². The number of pyridine rings is 1. The molecule has 0 unspecified atom stereocenters. The van der Waals surface area contributed by atoms with Crippen molar-refractivity contribution < 1.29 is 19.0 Å². The molecule has 0 fully saturated rings. The monoisotopic (exact) mass is 370 g/mol. The zero-order valence-corrected chi connectivity index (χ0v) is 15.1. The lowest BCUT2D eigenvalue weighted by atomic mass is 10.2. The van der Waals surface area contributed by atoms with Crippen LogP contribution in [0.4, 0.5) is 0 Å². The first-order valence-electron chi connectivity index (χ1n) is 7.96. The minimum Gasteiger partial charge on any atom is -0.487 e. The molecule has 0 aliphatic heterocycles. The highest BCUT2D eigenvalue weighted by molar-refractivity contribution is 7.09. The minimum atomic E-state index is -0.445. The fraction of sp³-hybridized carbons (Fsp3) is 0.211. The number of hydrogen-bond acceptors (Lipinski definition) is 7. The summed E-state index contributed by atoms with van der Waals surface area (Å²) in [7, 11) is 1.59. The van der Waals surface area contributed by atoms with Gasteiger partial charge in [-0.25, -0.2) is 9.78 Å². The van der Waals surface area contributed by atoms with Crippen LogP contribution in [0.3, 0.4) is 0 Å². The summed E-state index contributed by atoms with van der Waals surface area (Å²) in [6.45, 7) is 0.969. The lowest BCUT2D eigenvalue weighted by molar-refractivity contribution is 0.0466. The molecule has 3 aromatic rings. The van der Waals surface area contributed by atoms with E-state index in [0.717, 1.165) is 22.0 Å². The number of carbonyl (C=O) groups is 1. The Hall–Kier alpha value is -2.77. The second-order valence-electron chi connectivity index (χ2n) is 5.39. The number of methoxy groups -OCH3 is 1. The van der Waals surface area contributed by atoms with Gasteiger partial charge in [-0.1, -0.05) is 18.2 Å². The first-order valence-corrected chi connectivity index (χ1v) is 8.84. The van der Waals surface area contributed by atoms with Crippen LogP contribution >= 0.6 is 11.3 Å². The molecule has 0 spiro atoms. The van der Waals surface area contributed by atoms with Gasteiger partial charge in [0, 0.05) is 18.7 Å². The Kier molecular flexibility index (Phi) is 6.29. The lowest BCUT2D eigenvalue weighted by Gasteiger charge is -2.07. The Morgan fingerprint density at radius 1 is 1.08 bits per heavy atom. The largest absolute Gasteiger partial charge is 0.487 e. The van der Waals surface area contributed by atoms with E-state index in [0.29, 0.717) is 18.9 Å². The number of benzene rings is 1. The zero-order valence-electron chi connectivity index (χ0n) is 14.3. The Morgan fingerprint density at radius 3 is 2.65 bits per heavy atom. The van der Waals surface area contributed by atoms with E-state index in [1.807, 2.05) is 42.5 Å². The maximum Gasteiger partial charge on any atom is 0.358 e. The molecule has 6 nitrogen and oxygen atoms in total. The van der Waals surface area contributed by atoms with Crippen LogP contribution in [-0.2, 0) is 29.3 Å². The van der Waals surface area contributed by atoms with Crippen LogP contribution in [0.2, 0.25) is 0 Å². The maximum atomic E-state index is 12.0. The standard InChI is InChI=1S/C19H18N2O4S/c1-23-12-18-21-17(13-26-18)19(22)25-10-14-5-7-16(8-6-14)24-11-15-4-2-3-9-20-15/h2-9,13H,10-12H2,1H3. The number of esters is 1. The smallest absolute Gasteiger partial charge is 0.358 e. The quantitative estimate of drug-likeness (QED) is 0.564. The van der Waals surface area contributed by atoms with E-state index < -0.39 is 5.97 Å². The molecular weight excluding hydrogens is 352 g/mol. The van der Waals surface area contributed by atoms with E-state index in [4.69, 9.17) is 14.2 Å². The van der Waals surface area contributed by atoms with Crippen molar-refractivity contribution in [2.24, 2.45) is 0 Å². The van der Waals surface area contributed by atoms with Crippen LogP contribution in [0.15, 0.2) is 54.0 Å². The molecule has 0 N–H and O–H groups in total. The van der Waals surface area contributed by atoms with Crippen molar-refractivity contribution in [2.75, 3.05) is 7.11 Å². The van der Waals surface area contributed by atoms with E-state index in [2.05, 4.69) is 9.97 Å². The zero-order chi connectivity index (χ0) is 18.2. The highest BCUT2D eigenvalue weighted by Crippen LogP contribution is 2.16. The highest BCUT2D eigenvalue weighted by Gasteiger charge is 2.12. The summed E-state index contributed by atoms with van der Waals surface area (Å²) in [5.74, 6) is 0.286. The van der Waals surface area contributed by atoms with E-state index in [1.165, 1.54) is 11.3 Å². The Labute approximate surface area is 155 Å². The topological polar surface area (TPSA) is 70.5 Å². The first kappa shape index (κ1) is 18.0. The summed E-state index contributed by atoms with van der Waals surface area (Å²) in [5, 5.41) is 2.42. The Morgan fingerprint density at radius 2 is 1.92 bits per heavy atom. The number of ether oxygens (including phenoxy) is 3. The van der Waals surface area contributed by atoms with Crippen molar-refractivity contribution in [1.82, 2.24) is 9.97 Å². The number of carbonyl (C=O) groups excluding carboxylic acids is 1. The fourth-order valence-corrected chi connectivity index (χ4v) is 2.87. The van der Waals surface area contributed by atoms with Crippen molar-refractivity contribution in [3.8, 4) is 5.75 Å². The number of hydrogen-bond donors (Lipinski definition) is 0. The van der Waals surface area contributed by atoms with Gasteiger partial charge in [-0.15, -0.1) is 11.3 Å². The number of aromatic nitrogens is 2. The van der Waals surface area contributed by atoms with Gasteiger partial charge >= 0.3 is 5.97 Å². The number of rotatable bonds is 8. The molecule has 0 bridgehead atoms. The normalized spacial score (nSPS) is 10.5. The molecule has 26 heavy (non-hydrogen) atoms. The van der Waals surface area contributed by atoms with Gasteiger partial charge in [0.25, 0.3) is 0 Å². The second kappa shape index (κ2) is 9.07. The minimum absolute atomic E-state index is 0.177. The van der Waals surface area contributed by atoms with E-state index in [-0.39, 0.29) is 6.61 Å². The molecule has 0 amide bonds. The molecule has 3 rings (SSSR count). The third-order valence-corrected chi connectivity index (χ3v) is 4.26. The fourth-order valence-electron chi connectivity index (χ4n) is 2.14. The third-order valence-electron chi connectivity index (χ3n) is 3.43. The molecule has 7 heteroatoms. The number of nitrogens with zero attached hydrogens (tertiary/aromatic N) is 2.